The van der Waals surface area contributed by atoms with Crippen molar-refractivity contribution in [2.24, 2.45) is 0 Å². The molecule has 2 aliphatic rings. The number of nitrogens with zero attached hydrogens (tertiary/aromatic N) is 2. The molecule has 2 atom stereocenters. The smallest absolute Gasteiger partial charge is 0.414 e. The van der Waals surface area contributed by atoms with Gasteiger partial charge in [0.15, 0.2) is 46.0 Å². The van der Waals surface area contributed by atoms with Gasteiger partial charge < -0.3 is 67.8 Å². The topological polar surface area (TPSA) is 282 Å². The molecule has 0 saturated carbocycles. The van der Waals surface area contributed by atoms with Crippen LogP contribution in [0, 0.1) is 0 Å². The number of carbonyl (C=O) groups is 6. The third-order valence-corrected chi connectivity index (χ3v) is 12.9. The third kappa shape index (κ3) is 18.1. The van der Waals surface area contributed by atoms with Crippen molar-refractivity contribution in [1.29, 1.82) is 0 Å². The van der Waals surface area contributed by atoms with E-state index >= 15 is 0 Å². The van der Waals surface area contributed by atoms with Gasteiger partial charge in [0, 0.05) is 38.3 Å². The number of ether oxygens (including phenoxy) is 10. The molecule has 0 radical (unpaired) electrons. The Hall–Kier alpha value is -7.98. The Labute approximate surface area is 447 Å². The number of esters is 2. The van der Waals surface area contributed by atoms with Crippen LogP contribution in [0.2, 0.25) is 0 Å². The van der Waals surface area contributed by atoms with Crippen LogP contribution < -0.4 is 37.9 Å². The minimum Gasteiger partial charge on any atom is -0.493 e. The number of aliphatic carboxylic acids is 4. The maximum Gasteiger partial charge on any atom is 0.414 e. The fourth-order valence-corrected chi connectivity index (χ4v) is 9.00. The molecule has 2 aliphatic heterocycles. The zero-order chi connectivity index (χ0) is 56.6. The molecule has 1 unspecified atom stereocenters. The minimum atomic E-state index is -1.82. The molecule has 22 nitrogen and oxygen atoms in total. The van der Waals surface area contributed by atoms with Crippen LogP contribution in [-0.2, 0) is 63.9 Å². The van der Waals surface area contributed by atoms with Gasteiger partial charge in [0.05, 0.1) is 82.9 Å². The molecular weight excluding hydrogens is 1010 g/mol. The van der Waals surface area contributed by atoms with Crippen LogP contribution in [-0.4, -0.2) is 162 Å². The first-order valence-electron chi connectivity index (χ1n) is 24.6. The number of methoxy groups -OCH3 is 8. The highest BCUT2D eigenvalue weighted by Gasteiger charge is 2.32. The molecule has 2 heterocycles. The monoisotopic (exact) mass is 1080 g/mol. The molecule has 0 saturated heterocycles. The van der Waals surface area contributed by atoms with Crippen LogP contribution in [0.4, 0.5) is 0 Å². The van der Waals surface area contributed by atoms with E-state index in [1.165, 1.54) is 11.1 Å². The average molecular weight is 1080 g/mol. The molecule has 77 heavy (non-hydrogen) atoms. The summed E-state index contributed by atoms with van der Waals surface area (Å²) >= 11 is 0. The lowest BCUT2D eigenvalue weighted by Crippen LogP contribution is -2.38. The Morgan fingerprint density at radius 2 is 0.740 bits per heavy atom. The third-order valence-electron chi connectivity index (χ3n) is 12.9. The molecule has 4 aromatic carbocycles. The molecule has 0 amide bonds. The number of benzene rings is 4. The van der Waals surface area contributed by atoms with E-state index in [0.717, 1.165) is 54.6 Å². The van der Waals surface area contributed by atoms with Crippen LogP contribution >= 0.6 is 0 Å². The molecule has 22 heteroatoms. The number of carboxylic acids is 4. The van der Waals surface area contributed by atoms with Crippen molar-refractivity contribution >= 4 is 35.8 Å². The van der Waals surface area contributed by atoms with Gasteiger partial charge in [-0.1, -0.05) is 12.1 Å². The van der Waals surface area contributed by atoms with Crippen LogP contribution in [0.15, 0.2) is 60.7 Å². The van der Waals surface area contributed by atoms with E-state index in [1.807, 2.05) is 36.4 Å². The minimum absolute atomic E-state index is 0.0112. The Kier molecular flexibility index (Phi) is 24.9. The number of hydrogen-bond donors (Lipinski definition) is 4. The first-order chi connectivity index (χ1) is 36.9. The van der Waals surface area contributed by atoms with Crippen LogP contribution in [0.3, 0.4) is 0 Å². The number of hydrogen-bond acceptors (Lipinski definition) is 18. The molecule has 0 aromatic heterocycles. The summed E-state index contributed by atoms with van der Waals surface area (Å²) in [7, 11) is 13.1. The first-order valence-corrected chi connectivity index (χ1v) is 24.6. The Morgan fingerprint density at radius 3 is 1.05 bits per heavy atom. The van der Waals surface area contributed by atoms with E-state index in [0.29, 0.717) is 98.0 Å². The number of unbranched alkanes of at least 4 members (excludes halogenated alkanes) is 2. The van der Waals surface area contributed by atoms with E-state index in [1.54, 1.807) is 56.9 Å². The molecule has 0 spiro atoms. The van der Waals surface area contributed by atoms with Crippen LogP contribution in [0.25, 0.3) is 0 Å². The maximum absolute atomic E-state index is 13.0. The normalized spacial score (nSPS) is 14.5. The Bertz CT molecular complexity index is 2440. The predicted octanol–water partition coefficient (Wildman–Crippen LogP) is 6.09. The molecule has 0 bridgehead atoms. The number of carboxylic acid groups (broad SMARTS) is 4. The predicted molar refractivity (Wildman–Crippen MR) is 277 cm³/mol. The standard InChI is InChI=1S/C51H66N2O12.2C2H2O4/c1-56-42-14-12-34(28-44(42)58-3)26-40-38-32-48(62-7)46(60-5)30-36(38)16-20-52(40)22-18-50(54)64-24-10-9-11-25-65-51(55)19-23-53-21-17-37-31-47(61-6)49(63-8)33-39(37)41(53)27-35-13-15-43(57-2)45(29-35)59-4;2*3-1(4)2(5)6/h12-15,28-33,40-41H,9-11,16-27H2,1-8H3;2*(H,3,4)(H,5,6)/t40-,41?;;/m1../s1. The second kappa shape index (κ2) is 31.2. The SMILES string of the molecule is COc1ccc(CC2c3cc(OC)c(OC)cc3CCN2CCC(=O)OCCCCCOC(=O)CCN2CCc3cc(OC)c(OC)cc3[C@H]2Cc2ccc(OC)c(OC)c2)cc1OC.O=C(O)C(=O)O.O=C(O)C(=O)O. The maximum atomic E-state index is 13.0. The zero-order valence-corrected chi connectivity index (χ0v) is 44.8. The van der Waals surface area contributed by atoms with Gasteiger partial charge in [0.2, 0.25) is 0 Å². The van der Waals surface area contributed by atoms with Crippen molar-refractivity contribution in [2.45, 2.75) is 69.9 Å². The van der Waals surface area contributed by atoms with E-state index in [4.69, 9.17) is 87.0 Å². The van der Waals surface area contributed by atoms with Crippen molar-refractivity contribution in [2.75, 3.05) is 96.3 Å². The van der Waals surface area contributed by atoms with Gasteiger partial charge >= 0.3 is 35.8 Å². The van der Waals surface area contributed by atoms with Gasteiger partial charge in [-0.3, -0.25) is 19.4 Å². The summed E-state index contributed by atoms with van der Waals surface area (Å²) in [5, 5.41) is 29.6. The fourth-order valence-electron chi connectivity index (χ4n) is 9.00. The summed E-state index contributed by atoms with van der Waals surface area (Å²) < 4.78 is 56.1. The highest BCUT2D eigenvalue weighted by atomic mass is 16.5. The number of fused-ring (bicyclic) bond motifs is 2. The zero-order valence-electron chi connectivity index (χ0n) is 44.8. The van der Waals surface area contributed by atoms with E-state index in [-0.39, 0.29) is 36.9 Å². The molecule has 4 aromatic rings. The summed E-state index contributed by atoms with van der Waals surface area (Å²) in [5.41, 5.74) is 6.86. The van der Waals surface area contributed by atoms with Gasteiger partial charge in [0.25, 0.3) is 0 Å². The van der Waals surface area contributed by atoms with Gasteiger partial charge in [-0.15, -0.1) is 0 Å². The number of carbonyl (C=O) groups excluding carboxylic acids is 2. The quantitative estimate of drug-likeness (QED) is 0.0351. The lowest BCUT2D eigenvalue weighted by molar-refractivity contribution is -0.159. The van der Waals surface area contributed by atoms with Crippen molar-refractivity contribution in [3.8, 4) is 46.0 Å². The van der Waals surface area contributed by atoms with Gasteiger partial charge in [-0.05, 0) is 127 Å². The van der Waals surface area contributed by atoms with Gasteiger partial charge in [-0.2, -0.15) is 0 Å². The second-order valence-electron chi connectivity index (χ2n) is 17.4. The molecule has 4 N–H and O–H groups in total. The summed E-state index contributed by atoms with van der Waals surface area (Å²) in [6.07, 6.45) is 5.69. The number of rotatable bonds is 24. The van der Waals surface area contributed by atoms with Crippen molar-refractivity contribution < 1.29 is 96.6 Å². The van der Waals surface area contributed by atoms with Crippen molar-refractivity contribution in [1.82, 2.24) is 9.80 Å². The second-order valence-corrected chi connectivity index (χ2v) is 17.4. The lowest BCUT2D eigenvalue weighted by atomic mass is 9.88. The highest BCUT2D eigenvalue weighted by Crippen LogP contribution is 2.42. The molecule has 420 valence electrons. The molecule has 0 fully saturated rings. The summed E-state index contributed by atoms with van der Waals surface area (Å²) in [4.78, 5) is 67.1. The summed E-state index contributed by atoms with van der Waals surface area (Å²) in [6.45, 7) is 3.29. The molecule has 6 rings (SSSR count). The van der Waals surface area contributed by atoms with E-state index in [2.05, 4.69) is 34.1 Å². The summed E-state index contributed by atoms with van der Waals surface area (Å²) in [6, 6.07) is 20.2. The van der Waals surface area contributed by atoms with Crippen LogP contribution in [0.1, 0.15) is 77.6 Å². The highest BCUT2D eigenvalue weighted by molar-refractivity contribution is 6.27. The van der Waals surface area contributed by atoms with Gasteiger partial charge in [-0.25, -0.2) is 19.2 Å². The molecular formula is C55H70N2O20. The van der Waals surface area contributed by atoms with Gasteiger partial charge in [0.1, 0.15) is 0 Å². The van der Waals surface area contributed by atoms with E-state index < -0.39 is 23.9 Å². The largest absolute Gasteiger partial charge is 0.493 e. The Balaban J connectivity index is 0.000000956. The first kappa shape index (κ1) is 61.6. The average Bonchev–Trinajstić information content (AvgIpc) is 3.43. The van der Waals surface area contributed by atoms with Crippen molar-refractivity contribution in [3.63, 3.8) is 0 Å². The van der Waals surface area contributed by atoms with Crippen LogP contribution in [0.5, 0.6) is 46.0 Å². The van der Waals surface area contributed by atoms with E-state index in [9.17, 15) is 9.59 Å². The van der Waals surface area contributed by atoms with Crippen molar-refractivity contribution in [3.05, 3.63) is 94.0 Å². The fraction of sp³-hybridized carbons (Fsp3) is 0.455. The Morgan fingerprint density at radius 1 is 0.429 bits per heavy atom. The molecule has 0 aliphatic carbocycles. The lowest BCUT2D eigenvalue weighted by Gasteiger charge is -2.38. The summed E-state index contributed by atoms with van der Waals surface area (Å²) in [5.74, 6) is -2.34.